The van der Waals surface area contributed by atoms with Crippen molar-refractivity contribution in [2.75, 3.05) is 33.3 Å². The molecule has 120 valence electrons. The number of esters is 1. The van der Waals surface area contributed by atoms with Crippen LogP contribution >= 0.6 is 0 Å². The van der Waals surface area contributed by atoms with Gasteiger partial charge in [-0.3, -0.25) is 9.80 Å². The topological polar surface area (TPSA) is 32.8 Å². The molecule has 1 aromatic rings. The second kappa shape index (κ2) is 6.75. The minimum Gasteiger partial charge on any atom is -0.468 e. The third-order valence-electron chi connectivity index (χ3n) is 4.84. The summed E-state index contributed by atoms with van der Waals surface area (Å²) in [6, 6.07) is 6.33. The SMILES string of the molecule is COC(=O)C(c1ccccc1F)N1CCC(N2CCCC2)C1. The molecule has 0 bridgehead atoms. The fraction of sp³-hybridized carbons (Fsp3) is 0.588. The third kappa shape index (κ3) is 3.01. The first-order valence-electron chi connectivity index (χ1n) is 8.01. The zero-order valence-corrected chi connectivity index (χ0v) is 13.0. The Morgan fingerprint density at radius 3 is 2.68 bits per heavy atom. The second-order valence-electron chi connectivity index (χ2n) is 6.13. The Morgan fingerprint density at radius 2 is 2.00 bits per heavy atom. The van der Waals surface area contributed by atoms with Crippen LogP contribution in [0.1, 0.15) is 30.9 Å². The Balaban J connectivity index is 1.79. The predicted octanol–water partition coefficient (Wildman–Crippen LogP) is 2.21. The highest BCUT2D eigenvalue weighted by Gasteiger charge is 2.37. The molecule has 2 fully saturated rings. The van der Waals surface area contributed by atoms with Crippen molar-refractivity contribution < 1.29 is 13.9 Å². The van der Waals surface area contributed by atoms with Crippen molar-refractivity contribution in [1.82, 2.24) is 9.80 Å². The Labute approximate surface area is 130 Å². The number of ether oxygens (including phenoxy) is 1. The fourth-order valence-corrected chi connectivity index (χ4v) is 3.69. The van der Waals surface area contributed by atoms with Gasteiger partial charge in [0.2, 0.25) is 0 Å². The molecular weight excluding hydrogens is 283 g/mol. The van der Waals surface area contributed by atoms with Crippen molar-refractivity contribution in [3.63, 3.8) is 0 Å². The van der Waals surface area contributed by atoms with Gasteiger partial charge in [-0.25, -0.2) is 9.18 Å². The molecule has 1 aromatic carbocycles. The van der Waals surface area contributed by atoms with Gasteiger partial charge in [-0.2, -0.15) is 0 Å². The number of benzene rings is 1. The molecule has 4 nitrogen and oxygen atoms in total. The van der Waals surface area contributed by atoms with Crippen molar-refractivity contribution in [3.05, 3.63) is 35.6 Å². The normalized spacial score (nSPS) is 24.5. The maximum Gasteiger partial charge on any atom is 0.327 e. The summed E-state index contributed by atoms with van der Waals surface area (Å²) >= 11 is 0. The number of carbonyl (C=O) groups is 1. The fourth-order valence-electron chi connectivity index (χ4n) is 3.69. The van der Waals surface area contributed by atoms with Crippen LogP contribution < -0.4 is 0 Å². The van der Waals surface area contributed by atoms with Crippen molar-refractivity contribution in [2.45, 2.75) is 31.3 Å². The largest absolute Gasteiger partial charge is 0.468 e. The maximum absolute atomic E-state index is 14.1. The standard InChI is InChI=1S/C17H23FN2O2/c1-22-17(21)16(14-6-2-3-7-15(14)18)20-11-8-13(12-20)19-9-4-5-10-19/h2-3,6-7,13,16H,4-5,8-12H2,1H3. The maximum atomic E-state index is 14.1. The molecule has 0 N–H and O–H groups in total. The van der Waals surface area contributed by atoms with Crippen LogP contribution in [0, 0.1) is 5.82 Å². The summed E-state index contributed by atoms with van der Waals surface area (Å²) in [5.74, 6) is -0.727. The predicted molar refractivity (Wildman–Crippen MR) is 81.9 cm³/mol. The first-order chi connectivity index (χ1) is 10.7. The average molecular weight is 306 g/mol. The molecule has 2 saturated heterocycles. The lowest BCUT2D eigenvalue weighted by atomic mass is 10.1. The van der Waals surface area contributed by atoms with E-state index in [-0.39, 0.29) is 11.8 Å². The summed E-state index contributed by atoms with van der Waals surface area (Å²) in [6.45, 7) is 3.88. The van der Waals surface area contributed by atoms with Crippen LogP contribution in [-0.4, -0.2) is 55.1 Å². The van der Waals surface area contributed by atoms with Crippen LogP contribution in [-0.2, 0) is 9.53 Å². The van der Waals surface area contributed by atoms with Gasteiger partial charge in [0.1, 0.15) is 11.9 Å². The molecule has 0 amide bonds. The van der Waals surface area contributed by atoms with Crippen LogP contribution in [0.15, 0.2) is 24.3 Å². The van der Waals surface area contributed by atoms with Gasteiger partial charge in [0.15, 0.2) is 0 Å². The lowest BCUT2D eigenvalue weighted by molar-refractivity contribution is -0.147. The highest BCUT2D eigenvalue weighted by molar-refractivity contribution is 5.77. The molecule has 0 saturated carbocycles. The van der Waals surface area contributed by atoms with E-state index in [1.807, 2.05) is 0 Å². The van der Waals surface area contributed by atoms with Gasteiger partial charge in [0, 0.05) is 24.7 Å². The van der Waals surface area contributed by atoms with Crippen LogP contribution in [0.2, 0.25) is 0 Å². The first kappa shape index (κ1) is 15.4. The summed E-state index contributed by atoms with van der Waals surface area (Å²) in [4.78, 5) is 16.8. The quantitative estimate of drug-likeness (QED) is 0.799. The molecular formula is C17H23FN2O2. The van der Waals surface area contributed by atoms with E-state index in [2.05, 4.69) is 9.80 Å². The summed E-state index contributed by atoms with van der Waals surface area (Å²) in [6.07, 6.45) is 3.54. The smallest absolute Gasteiger partial charge is 0.327 e. The number of halogens is 1. The van der Waals surface area contributed by atoms with E-state index in [4.69, 9.17) is 4.74 Å². The van der Waals surface area contributed by atoms with Gasteiger partial charge in [-0.15, -0.1) is 0 Å². The number of carbonyl (C=O) groups excluding carboxylic acids is 1. The van der Waals surface area contributed by atoms with Crippen LogP contribution in [0.25, 0.3) is 0 Å². The van der Waals surface area contributed by atoms with Gasteiger partial charge in [0.25, 0.3) is 0 Å². The Kier molecular flexibility index (Phi) is 4.74. The molecule has 3 rings (SSSR count). The van der Waals surface area contributed by atoms with E-state index in [1.165, 1.54) is 26.0 Å². The van der Waals surface area contributed by atoms with Crippen LogP contribution in [0.4, 0.5) is 4.39 Å². The zero-order valence-electron chi connectivity index (χ0n) is 13.0. The van der Waals surface area contributed by atoms with E-state index in [9.17, 15) is 9.18 Å². The average Bonchev–Trinajstić information content (AvgIpc) is 3.20. The van der Waals surface area contributed by atoms with Crippen molar-refractivity contribution in [3.8, 4) is 0 Å². The Bertz CT molecular complexity index is 531. The number of hydrogen-bond donors (Lipinski definition) is 0. The molecule has 0 spiro atoms. The monoisotopic (exact) mass is 306 g/mol. The highest BCUT2D eigenvalue weighted by atomic mass is 19.1. The van der Waals surface area contributed by atoms with Crippen molar-refractivity contribution >= 4 is 5.97 Å². The number of likely N-dealkylation sites (tertiary alicyclic amines) is 2. The molecule has 5 heteroatoms. The third-order valence-corrected chi connectivity index (χ3v) is 4.84. The molecule has 2 atom stereocenters. The molecule has 2 heterocycles. The molecule has 0 aliphatic carbocycles. The summed E-state index contributed by atoms with van der Waals surface area (Å²) < 4.78 is 19.1. The summed E-state index contributed by atoms with van der Waals surface area (Å²) in [5.41, 5.74) is 0.413. The zero-order chi connectivity index (χ0) is 15.5. The summed E-state index contributed by atoms with van der Waals surface area (Å²) in [5, 5.41) is 0. The van der Waals surface area contributed by atoms with E-state index < -0.39 is 6.04 Å². The first-order valence-corrected chi connectivity index (χ1v) is 8.01. The lowest BCUT2D eigenvalue weighted by Crippen LogP contribution is -2.38. The minimum absolute atomic E-state index is 0.345. The van der Waals surface area contributed by atoms with Gasteiger partial charge in [-0.05, 0) is 38.4 Å². The van der Waals surface area contributed by atoms with Crippen LogP contribution in [0.3, 0.4) is 0 Å². The van der Waals surface area contributed by atoms with Gasteiger partial charge in [-0.1, -0.05) is 18.2 Å². The van der Waals surface area contributed by atoms with E-state index in [0.717, 1.165) is 32.6 Å². The molecule has 2 unspecified atom stereocenters. The molecule has 22 heavy (non-hydrogen) atoms. The van der Waals surface area contributed by atoms with E-state index in [1.54, 1.807) is 18.2 Å². The van der Waals surface area contributed by atoms with Gasteiger partial charge >= 0.3 is 5.97 Å². The number of rotatable bonds is 4. The minimum atomic E-state index is -0.640. The molecule has 0 aromatic heterocycles. The van der Waals surface area contributed by atoms with Gasteiger partial charge < -0.3 is 4.74 Å². The number of nitrogens with zero attached hydrogens (tertiary/aromatic N) is 2. The van der Waals surface area contributed by atoms with Crippen molar-refractivity contribution in [2.24, 2.45) is 0 Å². The second-order valence-corrected chi connectivity index (χ2v) is 6.13. The molecule has 0 radical (unpaired) electrons. The summed E-state index contributed by atoms with van der Waals surface area (Å²) in [7, 11) is 1.37. The van der Waals surface area contributed by atoms with Crippen LogP contribution in [0.5, 0.6) is 0 Å². The van der Waals surface area contributed by atoms with Crippen molar-refractivity contribution in [1.29, 1.82) is 0 Å². The van der Waals surface area contributed by atoms with E-state index >= 15 is 0 Å². The Hall–Kier alpha value is -1.46. The molecule has 2 aliphatic rings. The molecule has 2 aliphatic heterocycles. The van der Waals surface area contributed by atoms with Gasteiger partial charge in [0.05, 0.1) is 7.11 Å². The Morgan fingerprint density at radius 1 is 1.27 bits per heavy atom. The number of hydrogen-bond acceptors (Lipinski definition) is 4. The van der Waals surface area contributed by atoms with E-state index in [0.29, 0.717) is 11.6 Å². The lowest BCUT2D eigenvalue weighted by Gasteiger charge is -2.28. The highest BCUT2D eigenvalue weighted by Crippen LogP contribution is 2.30. The number of methoxy groups -OCH3 is 1.